The minimum atomic E-state index is -0.407. The Balaban J connectivity index is 1.88. The molecule has 110 valence electrons. The van der Waals surface area contributed by atoms with Crippen LogP contribution in [0.3, 0.4) is 0 Å². The van der Waals surface area contributed by atoms with Crippen molar-refractivity contribution in [3.8, 4) is 11.6 Å². The van der Waals surface area contributed by atoms with Crippen molar-refractivity contribution >= 4 is 17.2 Å². The van der Waals surface area contributed by atoms with Crippen LogP contribution in [0.5, 0.6) is 11.6 Å². The number of para-hydroxylation sites is 1. The molecule has 2 heterocycles. The van der Waals surface area contributed by atoms with Crippen LogP contribution in [0.25, 0.3) is 0 Å². The molecule has 3 N–H and O–H groups in total. The largest absolute Gasteiger partial charge is 0.435 e. The predicted octanol–water partition coefficient (Wildman–Crippen LogP) is 3.13. The van der Waals surface area contributed by atoms with Crippen molar-refractivity contribution in [2.45, 2.75) is 0 Å². The van der Waals surface area contributed by atoms with E-state index >= 15 is 0 Å². The van der Waals surface area contributed by atoms with Crippen LogP contribution in [0.4, 0.5) is 21.6 Å². The molecule has 0 atom stereocenters. The van der Waals surface area contributed by atoms with Gasteiger partial charge in [-0.05, 0) is 24.3 Å². The number of benzene rings is 1. The number of anilines is 3. The minimum absolute atomic E-state index is 0.168. The fourth-order valence-electron chi connectivity index (χ4n) is 1.77. The summed E-state index contributed by atoms with van der Waals surface area (Å²) in [5.41, 5.74) is 6.41. The van der Waals surface area contributed by atoms with E-state index in [1.165, 1.54) is 18.6 Å². The molecule has 0 spiro atoms. The Labute approximate surface area is 125 Å². The molecule has 0 bridgehead atoms. The van der Waals surface area contributed by atoms with Crippen molar-refractivity contribution in [2.75, 3.05) is 11.1 Å². The van der Waals surface area contributed by atoms with E-state index in [9.17, 15) is 4.39 Å². The molecular weight excluding hydrogens is 285 g/mol. The van der Waals surface area contributed by atoms with Gasteiger partial charge in [0.25, 0.3) is 0 Å². The number of nitrogens with two attached hydrogens (primary N) is 1. The zero-order valence-corrected chi connectivity index (χ0v) is 11.4. The lowest BCUT2D eigenvalue weighted by molar-refractivity contribution is 0.462. The van der Waals surface area contributed by atoms with Gasteiger partial charge in [0, 0.05) is 6.20 Å². The molecule has 2 aromatic heterocycles. The maximum atomic E-state index is 13.7. The van der Waals surface area contributed by atoms with Gasteiger partial charge in [0.2, 0.25) is 5.88 Å². The number of nitrogen functional groups attached to an aromatic ring is 1. The smallest absolute Gasteiger partial charge is 0.248 e. The van der Waals surface area contributed by atoms with Crippen molar-refractivity contribution in [3.05, 3.63) is 60.9 Å². The number of nitrogens with zero attached hydrogens (tertiary/aromatic N) is 3. The van der Waals surface area contributed by atoms with E-state index < -0.39 is 5.82 Å². The van der Waals surface area contributed by atoms with Crippen LogP contribution in [0.2, 0.25) is 0 Å². The molecule has 0 saturated carbocycles. The lowest BCUT2D eigenvalue weighted by Gasteiger charge is -2.11. The number of rotatable bonds is 4. The summed E-state index contributed by atoms with van der Waals surface area (Å²) in [7, 11) is 0. The molecule has 0 radical (unpaired) electrons. The molecule has 0 fully saturated rings. The molecule has 0 aliphatic heterocycles. The Hall–Kier alpha value is -3.22. The second-order valence-electron chi connectivity index (χ2n) is 4.34. The van der Waals surface area contributed by atoms with Gasteiger partial charge in [-0.15, -0.1) is 0 Å². The summed E-state index contributed by atoms with van der Waals surface area (Å²) >= 11 is 0. The summed E-state index contributed by atoms with van der Waals surface area (Å²) < 4.78 is 19.2. The van der Waals surface area contributed by atoms with Gasteiger partial charge in [0.05, 0.1) is 11.9 Å². The second kappa shape index (κ2) is 6.04. The maximum Gasteiger partial charge on any atom is 0.248 e. The number of aromatic nitrogens is 3. The highest BCUT2D eigenvalue weighted by atomic mass is 19.1. The highest BCUT2D eigenvalue weighted by Gasteiger charge is 2.12. The molecule has 6 nitrogen and oxygen atoms in total. The third kappa shape index (κ3) is 2.93. The first kappa shape index (κ1) is 13.7. The van der Waals surface area contributed by atoms with Gasteiger partial charge in [-0.3, -0.25) is 4.98 Å². The highest BCUT2D eigenvalue weighted by molar-refractivity contribution is 5.72. The number of hydrogen-bond acceptors (Lipinski definition) is 6. The molecule has 7 heteroatoms. The fourth-order valence-corrected chi connectivity index (χ4v) is 1.77. The maximum absolute atomic E-state index is 13.7. The molecule has 0 aliphatic rings. The third-order valence-electron chi connectivity index (χ3n) is 2.82. The average Bonchev–Trinajstić information content (AvgIpc) is 2.54. The topological polar surface area (TPSA) is 86.0 Å². The molecule has 0 unspecified atom stereocenters. The summed E-state index contributed by atoms with van der Waals surface area (Å²) in [6, 6.07) is 9.67. The Bertz CT molecular complexity index is 782. The van der Waals surface area contributed by atoms with E-state index in [1.807, 2.05) is 0 Å². The number of hydrogen-bond donors (Lipinski definition) is 2. The molecule has 1 aromatic carbocycles. The van der Waals surface area contributed by atoms with Crippen LogP contribution >= 0.6 is 0 Å². The van der Waals surface area contributed by atoms with E-state index in [0.717, 1.165) is 0 Å². The fraction of sp³-hybridized carbons (Fsp3) is 0. The van der Waals surface area contributed by atoms with Crippen molar-refractivity contribution in [1.29, 1.82) is 0 Å². The van der Waals surface area contributed by atoms with Crippen molar-refractivity contribution < 1.29 is 9.13 Å². The molecule has 3 aromatic rings. The average molecular weight is 297 g/mol. The summed E-state index contributed by atoms with van der Waals surface area (Å²) in [4.78, 5) is 11.9. The minimum Gasteiger partial charge on any atom is -0.435 e. The Morgan fingerprint density at radius 1 is 1.09 bits per heavy atom. The molecule has 22 heavy (non-hydrogen) atoms. The molecule has 3 rings (SSSR count). The number of halogens is 1. The van der Waals surface area contributed by atoms with Gasteiger partial charge < -0.3 is 15.8 Å². The molecular formula is C15H12FN5O. The van der Waals surface area contributed by atoms with E-state index in [0.29, 0.717) is 5.75 Å². The monoisotopic (exact) mass is 297 g/mol. The van der Waals surface area contributed by atoms with Crippen molar-refractivity contribution in [3.63, 3.8) is 0 Å². The van der Waals surface area contributed by atoms with Gasteiger partial charge in [-0.1, -0.05) is 12.1 Å². The molecule has 0 aliphatic carbocycles. The summed E-state index contributed by atoms with van der Waals surface area (Å²) in [6.07, 6.45) is 4.44. The van der Waals surface area contributed by atoms with Gasteiger partial charge in [-0.2, -0.15) is 4.98 Å². The molecule has 0 saturated heterocycles. The lowest BCUT2D eigenvalue weighted by Crippen LogP contribution is -2.04. The number of ether oxygens (including phenoxy) is 1. The van der Waals surface area contributed by atoms with Crippen molar-refractivity contribution in [1.82, 2.24) is 15.0 Å². The summed E-state index contributed by atoms with van der Waals surface area (Å²) in [5.74, 6) is 0.515. The van der Waals surface area contributed by atoms with Crippen LogP contribution in [0, 0.1) is 5.82 Å². The Morgan fingerprint density at radius 2 is 1.95 bits per heavy atom. The quantitative estimate of drug-likeness (QED) is 0.769. The van der Waals surface area contributed by atoms with E-state index in [2.05, 4.69) is 20.3 Å². The van der Waals surface area contributed by atoms with Crippen LogP contribution in [0.15, 0.2) is 55.1 Å². The number of nitrogens with one attached hydrogen (secondary N) is 1. The summed E-state index contributed by atoms with van der Waals surface area (Å²) in [6.45, 7) is 0. The van der Waals surface area contributed by atoms with E-state index in [4.69, 9.17) is 10.5 Å². The zero-order chi connectivity index (χ0) is 15.4. The van der Waals surface area contributed by atoms with Crippen LogP contribution in [-0.4, -0.2) is 15.0 Å². The third-order valence-corrected chi connectivity index (χ3v) is 2.82. The zero-order valence-electron chi connectivity index (χ0n) is 11.4. The predicted molar refractivity (Wildman–Crippen MR) is 80.4 cm³/mol. The normalized spacial score (nSPS) is 10.2. The molecule has 0 amide bonds. The standard InChI is InChI=1S/C15H12FN5O/c16-11-5-1-2-6-12(11)21-14-13(17)15(20-9-19-14)22-10-4-3-7-18-8-10/h1-9H,17H2,(H,19,20,21). The van der Waals surface area contributed by atoms with Crippen LogP contribution in [0.1, 0.15) is 0 Å². The summed E-state index contributed by atoms with van der Waals surface area (Å²) in [5, 5.41) is 2.82. The first-order chi connectivity index (χ1) is 10.7. The first-order valence-electron chi connectivity index (χ1n) is 6.44. The van der Waals surface area contributed by atoms with Gasteiger partial charge in [0.15, 0.2) is 5.82 Å². The van der Waals surface area contributed by atoms with Gasteiger partial charge in [-0.25, -0.2) is 9.37 Å². The van der Waals surface area contributed by atoms with Gasteiger partial charge >= 0.3 is 0 Å². The van der Waals surface area contributed by atoms with E-state index in [-0.39, 0.29) is 23.1 Å². The van der Waals surface area contributed by atoms with Gasteiger partial charge in [0.1, 0.15) is 23.6 Å². The Kier molecular flexibility index (Phi) is 3.78. The van der Waals surface area contributed by atoms with E-state index in [1.54, 1.807) is 36.5 Å². The van der Waals surface area contributed by atoms with Crippen molar-refractivity contribution in [2.24, 2.45) is 0 Å². The Morgan fingerprint density at radius 3 is 2.73 bits per heavy atom. The van der Waals surface area contributed by atoms with Crippen LogP contribution in [-0.2, 0) is 0 Å². The lowest BCUT2D eigenvalue weighted by atomic mass is 10.3. The first-order valence-corrected chi connectivity index (χ1v) is 6.44. The second-order valence-corrected chi connectivity index (χ2v) is 4.34. The van der Waals surface area contributed by atoms with Crippen LogP contribution < -0.4 is 15.8 Å². The SMILES string of the molecule is Nc1c(Nc2ccccc2F)ncnc1Oc1cccnc1. The highest BCUT2D eigenvalue weighted by Crippen LogP contribution is 2.30. The number of pyridine rings is 1.